The third-order valence-electron chi connectivity index (χ3n) is 6.32. The number of furan rings is 1. The monoisotopic (exact) mass is 381 g/mol. The zero-order valence-corrected chi connectivity index (χ0v) is 16.7. The number of likely N-dealkylation sites (tertiary alicyclic amines) is 1. The van der Waals surface area contributed by atoms with Gasteiger partial charge in [-0.05, 0) is 32.0 Å². The summed E-state index contributed by atoms with van der Waals surface area (Å²) < 4.78 is 18.0. The number of methoxy groups -OCH3 is 1. The fraction of sp³-hybridized carbons (Fsp3) is 0.500. The van der Waals surface area contributed by atoms with Gasteiger partial charge in [0.2, 0.25) is 5.72 Å². The first kappa shape index (κ1) is 17.6. The molecule has 1 spiro atoms. The third-order valence-corrected chi connectivity index (χ3v) is 6.32. The molecule has 0 unspecified atom stereocenters. The molecule has 0 N–H and O–H groups in total. The van der Waals surface area contributed by atoms with Crippen molar-refractivity contribution in [1.82, 2.24) is 9.91 Å². The summed E-state index contributed by atoms with van der Waals surface area (Å²) >= 11 is 0. The predicted octanol–water partition coefficient (Wildman–Crippen LogP) is 4.03. The normalized spacial score (nSPS) is 23.4. The van der Waals surface area contributed by atoms with Crippen molar-refractivity contribution >= 4 is 5.71 Å². The van der Waals surface area contributed by atoms with Gasteiger partial charge in [0.15, 0.2) is 11.5 Å². The van der Waals surface area contributed by atoms with Gasteiger partial charge < -0.3 is 18.8 Å². The minimum atomic E-state index is -0.438. The van der Waals surface area contributed by atoms with Crippen molar-refractivity contribution in [1.29, 1.82) is 0 Å². The number of para-hydroxylation sites is 1. The molecule has 1 saturated heterocycles. The molecule has 0 bridgehead atoms. The smallest absolute Gasteiger partial charge is 0.200 e. The largest absolute Gasteiger partial charge is 0.493 e. The van der Waals surface area contributed by atoms with Crippen molar-refractivity contribution in [2.45, 2.75) is 50.9 Å². The highest BCUT2D eigenvalue weighted by atomic mass is 16.5. The Kier molecular flexibility index (Phi) is 4.12. The molecule has 6 nitrogen and oxygen atoms in total. The molecule has 5 rings (SSSR count). The number of piperidine rings is 1. The maximum atomic E-state index is 6.73. The Morgan fingerprint density at radius 3 is 2.68 bits per heavy atom. The van der Waals surface area contributed by atoms with Crippen LogP contribution >= 0.6 is 0 Å². The Labute approximate surface area is 165 Å². The minimum Gasteiger partial charge on any atom is -0.493 e. The number of hydrogen-bond acceptors (Lipinski definition) is 6. The highest BCUT2D eigenvalue weighted by molar-refractivity contribution is 5.99. The molecule has 3 aliphatic rings. The Hall–Kier alpha value is -2.47. The summed E-state index contributed by atoms with van der Waals surface area (Å²) in [6.07, 6.45) is 4.34. The molecular weight excluding hydrogens is 354 g/mol. The second kappa shape index (κ2) is 6.55. The van der Waals surface area contributed by atoms with Crippen LogP contribution in [0.25, 0.3) is 0 Å². The van der Waals surface area contributed by atoms with Crippen LogP contribution in [0.4, 0.5) is 0 Å². The van der Waals surface area contributed by atoms with Gasteiger partial charge in [-0.1, -0.05) is 12.1 Å². The van der Waals surface area contributed by atoms with E-state index in [1.807, 2.05) is 24.3 Å². The van der Waals surface area contributed by atoms with Crippen molar-refractivity contribution < 1.29 is 13.9 Å². The molecule has 6 heteroatoms. The number of fused-ring (bicyclic) bond motifs is 4. The minimum absolute atomic E-state index is 0.143. The van der Waals surface area contributed by atoms with Crippen molar-refractivity contribution in [3.63, 3.8) is 0 Å². The van der Waals surface area contributed by atoms with Gasteiger partial charge in [-0.25, -0.2) is 5.01 Å². The van der Waals surface area contributed by atoms with Gasteiger partial charge in [-0.2, -0.15) is 5.10 Å². The lowest BCUT2D eigenvalue weighted by atomic mass is 9.90. The summed E-state index contributed by atoms with van der Waals surface area (Å²) in [4.78, 5) is 2.51. The quantitative estimate of drug-likeness (QED) is 0.803. The first-order valence-electron chi connectivity index (χ1n) is 10.1. The van der Waals surface area contributed by atoms with E-state index in [2.05, 4.69) is 29.8 Å². The van der Waals surface area contributed by atoms with Crippen molar-refractivity contribution in [2.75, 3.05) is 20.2 Å². The van der Waals surface area contributed by atoms with Gasteiger partial charge in [0.05, 0.1) is 19.4 Å². The van der Waals surface area contributed by atoms with Crippen LogP contribution in [0.5, 0.6) is 11.5 Å². The number of nitrogens with zero attached hydrogens (tertiary/aromatic N) is 3. The molecule has 1 aromatic carbocycles. The van der Waals surface area contributed by atoms with E-state index in [0.717, 1.165) is 60.9 Å². The first-order chi connectivity index (χ1) is 13.6. The Bertz CT molecular complexity index is 882. The van der Waals surface area contributed by atoms with E-state index in [1.54, 1.807) is 13.4 Å². The molecule has 0 aliphatic carbocycles. The number of rotatable bonds is 3. The highest BCUT2D eigenvalue weighted by Crippen LogP contribution is 2.52. The summed E-state index contributed by atoms with van der Waals surface area (Å²) in [7, 11) is 1.71. The molecule has 4 heterocycles. The average Bonchev–Trinajstić information content (AvgIpc) is 3.38. The van der Waals surface area contributed by atoms with Crippen molar-refractivity contribution in [3.8, 4) is 11.5 Å². The van der Waals surface area contributed by atoms with Gasteiger partial charge in [-0.3, -0.25) is 0 Å². The van der Waals surface area contributed by atoms with E-state index in [0.29, 0.717) is 6.04 Å². The van der Waals surface area contributed by atoms with Crippen LogP contribution in [0.15, 0.2) is 46.1 Å². The fourth-order valence-electron chi connectivity index (χ4n) is 4.74. The van der Waals surface area contributed by atoms with Gasteiger partial charge in [0.25, 0.3) is 0 Å². The molecule has 1 fully saturated rings. The number of benzene rings is 1. The van der Waals surface area contributed by atoms with Gasteiger partial charge in [0, 0.05) is 44.0 Å². The first-order valence-corrected chi connectivity index (χ1v) is 10.1. The highest BCUT2D eigenvalue weighted by Gasteiger charge is 2.52. The van der Waals surface area contributed by atoms with Crippen LogP contribution in [0.2, 0.25) is 0 Å². The molecule has 28 heavy (non-hydrogen) atoms. The Morgan fingerprint density at radius 1 is 1.18 bits per heavy atom. The van der Waals surface area contributed by atoms with Crippen LogP contribution in [0, 0.1) is 0 Å². The molecule has 3 aliphatic heterocycles. The lowest BCUT2D eigenvalue weighted by Gasteiger charge is -2.51. The van der Waals surface area contributed by atoms with E-state index >= 15 is 0 Å². The molecule has 148 valence electrons. The lowest BCUT2D eigenvalue weighted by molar-refractivity contribution is -0.153. The second-order valence-electron chi connectivity index (χ2n) is 8.15. The second-order valence-corrected chi connectivity index (χ2v) is 8.15. The molecule has 0 saturated carbocycles. The summed E-state index contributed by atoms with van der Waals surface area (Å²) in [6.45, 7) is 6.50. The number of ether oxygens (including phenoxy) is 2. The summed E-state index contributed by atoms with van der Waals surface area (Å²) in [5.41, 5.74) is 1.69. The molecule has 1 atom stereocenters. The lowest BCUT2D eigenvalue weighted by Crippen LogP contribution is -2.59. The summed E-state index contributed by atoms with van der Waals surface area (Å²) in [6, 6.07) is 10.7. The van der Waals surface area contributed by atoms with Gasteiger partial charge in [-0.15, -0.1) is 0 Å². The van der Waals surface area contributed by atoms with Crippen molar-refractivity contribution in [2.24, 2.45) is 5.10 Å². The van der Waals surface area contributed by atoms with Crippen LogP contribution in [-0.2, 0) is 0 Å². The number of hydrazone groups is 1. The standard InChI is InChI=1S/C22H27N3O3/c1-15(2)24-11-9-22(10-12-24)25-18(14-17(23-25)19-8-5-13-27-19)16-6-4-7-20(26-3)21(16)28-22/h4-8,13,15,18H,9-12,14H2,1-3H3/t18-/m0/s1. The van der Waals surface area contributed by atoms with Crippen LogP contribution in [0.3, 0.4) is 0 Å². The molecule has 2 aromatic rings. The topological polar surface area (TPSA) is 50.4 Å². The Balaban J connectivity index is 1.57. The van der Waals surface area contributed by atoms with Crippen molar-refractivity contribution in [3.05, 3.63) is 47.9 Å². The van der Waals surface area contributed by atoms with Gasteiger partial charge in [0.1, 0.15) is 11.5 Å². The fourth-order valence-corrected chi connectivity index (χ4v) is 4.74. The third kappa shape index (κ3) is 2.62. The molecular formula is C22H27N3O3. The molecule has 0 radical (unpaired) electrons. The maximum Gasteiger partial charge on any atom is 0.200 e. The average molecular weight is 381 g/mol. The van der Waals surface area contributed by atoms with Crippen LogP contribution < -0.4 is 9.47 Å². The molecule has 0 amide bonds. The van der Waals surface area contributed by atoms with Crippen LogP contribution in [-0.4, -0.2) is 47.6 Å². The van der Waals surface area contributed by atoms with Gasteiger partial charge >= 0.3 is 0 Å². The van der Waals surface area contributed by atoms with E-state index in [1.165, 1.54) is 0 Å². The Morgan fingerprint density at radius 2 is 2.00 bits per heavy atom. The molecule has 1 aromatic heterocycles. The summed E-state index contributed by atoms with van der Waals surface area (Å²) in [5.74, 6) is 2.52. The predicted molar refractivity (Wildman–Crippen MR) is 107 cm³/mol. The van der Waals surface area contributed by atoms with E-state index in [9.17, 15) is 0 Å². The zero-order chi connectivity index (χ0) is 19.3. The van der Waals surface area contributed by atoms with E-state index in [-0.39, 0.29) is 6.04 Å². The van der Waals surface area contributed by atoms with E-state index in [4.69, 9.17) is 19.0 Å². The SMILES string of the molecule is COc1cccc2c1OC1(CCN(C(C)C)CC1)N1N=C(c3ccco3)C[C@@H]21. The van der Waals surface area contributed by atoms with E-state index < -0.39 is 5.72 Å². The van der Waals surface area contributed by atoms with Crippen LogP contribution in [0.1, 0.15) is 50.5 Å². The number of hydrogen-bond donors (Lipinski definition) is 0. The summed E-state index contributed by atoms with van der Waals surface area (Å²) in [5, 5.41) is 7.24. The zero-order valence-electron chi connectivity index (χ0n) is 16.7. The maximum absolute atomic E-state index is 6.73.